The normalized spacial score (nSPS) is 35.4. The van der Waals surface area contributed by atoms with Crippen LogP contribution in [0.3, 0.4) is 0 Å². The molecule has 0 radical (unpaired) electrons. The summed E-state index contributed by atoms with van der Waals surface area (Å²) in [5.74, 6) is 3.19. The molecule has 2 saturated carbocycles. The van der Waals surface area contributed by atoms with Crippen LogP contribution in [-0.2, 0) is 6.42 Å². The molecule has 0 N–H and O–H groups in total. The molecule has 0 aliphatic heterocycles. The molecular weight excluding hydrogens is 474 g/mol. The summed E-state index contributed by atoms with van der Waals surface area (Å²) >= 11 is 4.75. The average Bonchev–Trinajstić information content (AvgIpc) is 2.86. The SMILES string of the molecule is O=C1c2cc(I)cc(I)c2CC2CC3CCCC3CC12. The molecule has 1 aromatic carbocycles. The molecule has 0 saturated heterocycles. The first-order valence-corrected chi connectivity index (χ1v) is 9.81. The second-order valence-electron chi connectivity index (χ2n) is 6.77. The van der Waals surface area contributed by atoms with Crippen LogP contribution in [0.1, 0.15) is 48.0 Å². The van der Waals surface area contributed by atoms with Gasteiger partial charge in [-0.05, 0) is 99.9 Å². The Morgan fingerprint density at radius 1 is 1.00 bits per heavy atom. The van der Waals surface area contributed by atoms with Crippen LogP contribution < -0.4 is 0 Å². The van der Waals surface area contributed by atoms with Gasteiger partial charge in [-0.15, -0.1) is 0 Å². The van der Waals surface area contributed by atoms with Gasteiger partial charge in [0.2, 0.25) is 0 Å². The first kappa shape index (κ1) is 14.0. The zero-order valence-electron chi connectivity index (χ0n) is 11.4. The number of halogens is 2. The number of carbonyl (C=O) groups is 1. The lowest BCUT2D eigenvalue weighted by Gasteiger charge is -2.41. The Balaban J connectivity index is 1.73. The highest BCUT2D eigenvalue weighted by molar-refractivity contribution is 14.1. The molecule has 0 aromatic heterocycles. The maximum atomic E-state index is 12.9. The lowest BCUT2D eigenvalue weighted by atomic mass is 9.62. The molecule has 4 atom stereocenters. The Morgan fingerprint density at radius 3 is 2.55 bits per heavy atom. The monoisotopic (exact) mass is 492 g/mol. The molecule has 0 bridgehead atoms. The minimum absolute atomic E-state index is 0.329. The lowest BCUT2D eigenvalue weighted by molar-refractivity contribution is 0.0680. The molecule has 106 valence electrons. The molecular formula is C17H18I2O. The van der Waals surface area contributed by atoms with Crippen molar-refractivity contribution in [1.82, 2.24) is 0 Å². The number of fused-ring (bicyclic) bond motifs is 3. The Morgan fingerprint density at radius 2 is 1.75 bits per heavy atom. The van der Waals surface area contributed by atoms with E-state index in [2.05, 4.69) is 57.3 Å². The molecule has 2 fully saturated rings. The van der Waals surface area contributed by atoms with Crippen LogP contribution in [0, 0.1) is 30.8 Å². The summed E-state index contributed by atoms with van der Waals surface area (Å²) in [6, 6.07) is 4.34. The van der Waals surface area contributed by atoms with Crippen LogP contribution in [-0.4, -0.2) is 5.78 Å². The molecule has 3 aliphatic carbocycles. The second kappa shape index (κ2) is 5.21. The van der Waals surface area contributed by atoms with E-state index in [4.69, 9.17) is 0 Å². The molecule has 4 rings (SSSR count). The first-order valence-electron chi connectivity index (χ1n) is 7.65. The van der Waals surface area contributed by atoms with Gasteiger partial charge in [0.15, 0.2) is 5.78 Å². The first-order chi connectivity index (χ1) is 9.63. The van der Waals surface area contributed by atoms with Crippen LogP contribution in [0.4, 0.5) is 0 Å². The van der Waals surface area contributed by atoms with E-state index in [1.54, 1.807) is 0 Å². The Kier molecular flexibility index (Phi) is 3.64. The van der Waals surface area contributed by atoms with Crippen molar-refractivity contribution in [3.63, 3.8) is 0 Å². The van der Waals surface area contributed by atoms with Crippen LogP contribution in [0.2, 0.25) is 0 Å². The number of hydrogen-bond donors (Lipinski definition) is 0. The van der Waals surface area contributed by atoms with E-state index >= 15 is 0 Å². The largest absolute Gasteiger partial charge is 0.294 e. The minimum Gasteiger partial charge on any atom is -0.294 e. The predicted molar refractivity (Wildman–Crippen MR) is 97.0 cm³/mol. The number of rotatable bonds is 0. The summed E-state index contributed by atoms with van der Waals surface area (Å²) < 4.78 is 2.50. The van der Waals surface area contributed by atoms with Crippen molar-refractivity contribution in [3.05, 3.63) is 30.4 Å². The highest BCUT2D eigenvalue weighted by Gasteiger charge is 2.45. The van der Waals surface area contributed by atoms with Crippen molar-refractivity contribution in [3.8, 4) is 0 Å². The minimum atomic E-state index is 0.329. The number of ketones is 1. The van der Waals surface area contributed by atoms with Gasteiger partial charge in [-0.1, -0.05) is 19.3 Å². The van der Waals surface area contributed by atoms with Gasteiger partial charge in [-0.2, -0.15) is 0 Å². The topological polar surface area (TPSA) is 17.1 Å². The Hall–Kier alpha value is 0.350. The van der Waals surface area contributed by atoms with E-state index in [1.165, 1.54) is 44.8 Å². The predicted octanol–water partition coefficient (Wildman–Crippen LogP) is 5.08. The zero-order valence-corrected chi connectivity index (χ0v) is 15.7. The summed E-state index contributed by atoms with van der Waals surface area (Å²) in [7, 11) is 0. The average molecular weight is 492 g/mol. The van der Waals surface area contributed by atoms with E-state index < -0.39 is 0 Å². The fraction of sp³-hybridized carbons (Fsp3) is 0.588. The number of carbonyl (C=O) groups excluding carboxylic acids is 1. The summed E-state index contributed by atoms with van der Waals surface area (Å²) in [4.78, 5) is 12.9. The van der Waals surface area contributed by atoms with Gasteiger partial charge in [-0.3, -0.25) is 4.79 Å². The molecule has 4 unspecified atom stereocenters. The van der Waals surface area contributed by atoms with Gasteiger partial charge >= 0.3 is 0 Å². The molecule has 0 spiro atoms. The van der Waals surface area contributed by atoms with Crippen LogP contribution in [0.5, 0.6) is 0 Å². The van der Waals surface area contributed by atoms with Gasteiger partial charge < -0.3 is 0 Å². The summed E-state index contributed by atoms with van der Waals surface area (Å²) in [5, 5.41) is 0. The third-order valence-electron chi connectivity index (χ3n) is 5.78. The van der Waals surface area contributed by atoms with Crippen LogP contribution in [0.15, 0.2) is 12.1 Å². The lowest BCUT2D eigenvalue weighted by Crippen LogP contribution is -2.39. The van der Waals surface area contributed by atoms with Crippen LogP contribution in [0.25, 0.3) is 0 Å². The van der Waals surface area contributed by atoms with Crippen molar-refractivity contribution in [2.75, 3.05) is 0 Å². The number of benzene rings is 1. The maximum absolute atomic E-state index is 12.9. The van der Waals surface area contributed by atoms with Gasteiger partial charge in [0, 0.05) is 18.6 Å². The highest BCUT2D eigenvalue weighted by atomic mass is 127. The van der Waals surface area contributed by atoms with Gasteiger partial charge in [0.05, 0.1) is 0 Å². The summed E-state index contributed by atoms with van der Waals surface area (Å²) in [5.41, 5.74) is 2.38. The van der Waals surface area contributed by atoms with Gasteiger partial charge in [-0.25, -0.2) is 0 Å². The molecule has 3 heteroatoms. The smallest absolute Gasteiger partial charge is 0.166 e. The van der Waals surface area contributed by atoms with Crippen molar-refractivity contribution in [1.29, 1.82) is 0 Å². The Bertz CT molecular complexity index is 581. The summed E-state index contributed by atoms with van der Waals surface area (Å²) in [6.45, 7) is 0. The van der Waals surface area contributed by atoms with E-state index in [9.17, 15) is 4.79 Å². The van der Waals surface area contributed by atoms with Crippen molar-refractivity contribution in [2.45, 2.75) is 38.5 Å². The van der Waals surface area contributed by atoms with E-state index in [1.807, 2.05) is 0 Å². The number of Topliss-reactive ketones (excluding diaryl/α,β-unsaturated/α-hetero) is 1. The van der Waals surface area contributed by atoms with Crippen LogP contribution >= 0.6 is 45.2 Å². The molecule has 1 aromatic rings. The standard InChI is InChI=1S/C17H18I2O/c18-12-7-15-14(16(19)8-12)6-11-4-9-2-1-3-10(9)5-13(11)17(15)20/h7-11,13H,1-6H2. The fourth-order valence-corrected chi connectivity index (χ4v) is 6.91. The molecule has 0 heterocycles. The number of hydrogen-bond acceptors (Lipinski definition) is 1. The van der Waals surface area contributed by atoms with Gasteiger partial charge in [0.25, 0.3) is 0 Å². The third kappa shape index (κ3) is 2.18. The fourth-order valence-electron chi connectivity index (χ4n) is 4.85. The Labute approximate surface area is 147 Å². The maximum Gasteiger partial charge on any atom is 0.166 e. The molecule has 0 amide bonds. The van der Waals surface area contributed by atoms with Crippen molar-refractivity contribution < 1.29 is 4.79 Å². The van der Waals surface area contributed by atoms with E-state index in [0.29, 0.717) is 17.6 Å². The molecule has 3 aliphatic rings. The summed E-state index contributed by atoms with van der Waals surface area (Å²) in [6.07, 6.45) is 7.81. The van der Waals surface area contributed by atoms with Crippen molar-refractivity contribution >= 4 is 51.0 Å². The molecule has 1 nitrogen and oxygen atoms in total. The highest BCUT2D eigenvalue weighted by Crippen LogP contribution is 2.50. The van der Waals surface area contributed by atoms with Gasteiger partial charge in [0.1, 0.15) is 0 Å². The zero-order chi connectivity index (χ0) is 13.9. The second-order valence-corrected chi connectivity index (χ2v) is 9.18. The molecule has 20 heavy (non-hydrogen) atoms. The van der Waals surface area contributed by atoms with E-state index in [-0.39, 0.29) is 0 Å². The van der Waals surface area contributed by atoms with Crippen molar-refractivity contribution in [2.24, 2.45) is 23.7 Å². The third-order valence-corrected chi connectivity index (χ3v) is 7.36. The quantitative estimate of drug-likeness (QED) is 0.463. The van der Waals surface area contributed by atoms with E-state index in [0.717, 1.165) is 23.8 Å².